The minimum absolute atomic E-state index is 0.0683. The average molecular weight is 454 g/mol. The molecule has 0 aliphatic rings. The maximum Gasteiger partial charge on any atom is 0.214 e. The summed E-state index contributed by atoms with van der Waals surface area (Å²) in [7, 11) is 1.52. The summed E-state index contributed by atoms with van der Waals surface area (Å²) in [6.07, 6.45) is 0. The van der Waals surface area contributed by atoms with Gasteiger partial charge in [0.1, 0.15) is 29.7 Å². The summed E-state index contributed by atoms with van der Waals surface area (Å²) < 4.78 is 41.3. The number of benzene rings is 2. The fourth-order valence-corrected chi connectivity index (χ4v) is 3.47. The van der Waals surface area contributed by atoms with Crippen LogP contribution in [0.15, 0.2) is 42.5 Å². The summed E-state index contributed by atoms with van der Waals surface area (Å²) in [5, 5.41) is 15.4. The lowest BCUT2D eigenvalue weighted by Gasteiger charge is -2.10. The van der Waals surface area contributed by atoms with Gasteiger partial charge in [0.15, 0.2) is 5.82 Å². The predicted octanol–water partition coefficient (Wildman–Crippen LogP) is 4.67. The minimum atomic E-state index is -0.737. The van der Waals surface area contributed by atoms with E-state index in [1.165, 1.54) is 17.9 Å². The van der Waals surface area contributed by atoms with Crippen LogP contribution in [0.25, 0.3) is 22.4 Å². The van der Waals surface area contributed by atoms with E-state index in [2.05, 4.69) is 15.1 Å². The van der Waals surface area contributed by atoms with Crippen LogP contribution in [0.5, 0.6) is 11.6 Å². The fourth-order valence-electron chi connectivity index (χ4n) is 3.47. The van der Waals surface area contributed by atoms with Gasteiger partial charge in [-0.15, -0.1) is 0 Å². The number of para-hydroxylation sites is 1. The van der Waals surface area contributed by atoms with Crippen molar-refractivity contribution in [2.24, 2.45) is 0 Å². The summed E-state index contributed by atoms with van der Waals surface area (Å²) in [6, 6.07) is 11.1. The van der Waals surface area contributed by atoms with Gasteiger partial charge in [0.05, 0.1) is 24.4 Å². The van der Waals surface area contributed by atoms with Crippen LogP contribution < -0.4 is 4.74 Å². The van der Waals surface area contributed by atoms with Gasteiger partial charge in [0, 0.05) is 36.3 Å². The first-order chi connectivity index (χ1) is 15.9. The molecule has 2 aromatic heterocycles. The normalized spacial score (nSPS) is 11.5. The Balaban J connectivity index is 1.74. The third kappa shape index (κ3) is 4.78. The molecule has 4 rings (SSSR count). The van der Waals surface area contributed by atoms with E-state index in [9.17, 15) is 13.9 Å². The van der Waals surface area contributed by atoms with Crippen molar-refractivity contribution in [1.29, 1.82) is 0 Å². The van der Waals surface area contributed by atoms with Crippen LogP contribution in [0, 0.1) is 11.6 Å². The lowest BCUT2D eigenvalue weighted by molar-refractivity contribution is 0.146. The summed E-state index contributed by atoms with van der Waals surface area (Å²) >= 11 is 0. The monoisotopic (exact) mass is 454 g/mol. The number of hydrogen-bond acceptors (Lipinski definition) is 6. The zero-order valence-corrected chi connectivity index (χ0v) is 18.5. The molecule has 0 unspecified atom stereocenters. The molecule has 172 valence electrons. The molecule has 2 aromatic carbocycles. The van der Waals surface area contributed by atoms with Gasteiger partial charge in [-0.25, -0.2) is 13.8 Å². The standard InChI is InChI=1S/C24H24F2N4O3/c1-14(2)20-12-22(31)28-24(27-20)23-16-6-4-5-7-21(16)30(29-23)13-17-18(25)10-15(11-19(17)26)33-9-8-32-3/h4-7,10-12,14H,8-9,13H2,1-3H3,(H,27,28,31). The molecule has 33 heavy (non-hydrogen) atoms. The summed E-state index contributed by atoms with van der Waals surface area (Å²) in [6.45, 7) is 4.26. The molecule has 0 aliphatic heterocycles. The highest BCUT2D eigenvalue weighted by atomic mass is 19.1. The Morgan fingerprint density at radius 3 is 2.45 bits per heavy atom. The first kappa shape index (κ1) is 22.6. The molecule has 7 nitrogen and oxygen atoms in total. The molecule has 0 aliphatic carbocycles. The molecular weight excluding hydrogens is 430 g/mol. The fraction of sp³-hybridized carbons (Fsp3) is 0.292. The van der Waals surface area contributed by atoms with Gasteiger partial charge < -0.3 is 14.6 Å². The van der Waals surface area contributed by atoms with E-state index in [1.54, 1.807) is 6.07 Å². The van der Waals surface area contributed by atoms with E-state index in [0.29, 0.717) is 28.9 Å². The first-order valence-electron chi connectivity index (χ1n) is 10.5. The quantitative estimate of drug-likeness (QED) is 0.390. The second-order valence-electron chi connectivity index (χ2n) is 7.86. The third-order valence-electron chi connectivity index (χ3n) is 5.17. The van der Waals surface area contributed by atoms with Crippen molar-refractivity contribution in [2.75, 3.05) is 20.3 Å². The van der Waals surface area contributed by atoms with Crippen LogP contribution in [-0.4, -0.2) is 45.2 Å². The highest BCUT2D eigenvalue weighted by molar-refractivity contribution is 5.91. The molecule has 0 atom stereocenters. The predicted molar refractivity (Wildman–Crippen MR) is 119 cm³/mol. The lowest BCUT2D eigenvalue weighted by atomic mass is 10.1. The number of ether oxygens (including phenoxy) is 2. The molecule has 0 spiro atoms. The van der Waals surface area contributed by atoms with E-state index in [0.717, 1.165) is 12.1 Å². The maximum atomic E-state index is 14.8. The molecule has 0 amide bonds. The van der Waals surface area contributed by atoms with Gasteiger partial charge >= 0.3 is 0 Å². The van der Waals surface area contributed by atoms with Crippen molar-refractivity contribution in [3.05, 3.63) is 65.4 Å². The van der Waals surface area contributed by atoms with Crippen molar-refractivity contribution in [2.45, 2.75) is 26.3 Å². The summed E-state index contributed by atoms with van der Waals surface area (Å²) in [5.74, 6) is -1.23. The van der Waals surface area contributed by atoms with E-state index in [4.69, 9.17) is 9.47 Å². The molecule has 0 saturated heterocycles. The number of methoxy groups -OCH3 is 1. The topological polar surface area (TPSA) is 82.3 Å². The minimum Gasteiger partial charge on any atom is -0.493 e. The Morgan fingerprint density at radius 2 is 1.76 bits per heavy atom. The number of fused-ring (bicyclic) bond motifs is 1. The molecule has 9 heteroatoms. The molecule has 0 saturated carbocycles. The maximum absolute atomic E-state index is 14.8. The molecule has 2 heterocycles. The van der Waals surface area contributed by atoms with E-state index < -0.39 is 11.6 Å². The van der Waals surface area contributed by atoms with Gasteiger partial charge in [0.25, 0.3) is 0 Å². The molecule has 4 aromatic rings. The number of hydrogen-bond donors (Lipinski definition) is 1. The second-order valence-corrected chi connectivity index (χ2v) is 7.86. The molecule has 0 bridgehead atoms. The van der Waals surface area contributed by atoms with Gasteiger partial charge in [-0.2, -0.15) is 10.1 Å². The van der Waals surface area contributed by atoms with Crippen LogP contribution >= 0.6 is 0 Å². The number of aromatic nitrogens is 4. The van der Waals surface area contributed by atoms with Crippen LogP contribution in [0.4, 0.5) is 8.78 Å². The molecular formula is C24H24F2N4O3. The van der Waals surface area contributed by atoms with Gasteiger partial charge in [-0.1, -0.05) is 32.0 Å². The lowest BCUT2D eigenvalue weighted by Crippen LogP contribution is -2.09. The first-order valence-corrected chi connectivity index (χ1v) is 10.5. The third-order valence-corrected chi connectivity index (χ3v) is 5.17. The van der Waals surface area contributed by atoms with Crippen molar-refractivity contribution < 1.29 is 23.4 Å². The molecule has 0 fully saturated rings. The van der Waals surface area contributed by atoms with Crippen molar-refractivity contribution in [3.63, 3.8) is 0 Å². The molecule has 1 N–H and O–H groups in total. The van der Waals surface area contributed by atoms with Crippen molar-refractivity contribution in [3.8, 4) is 23.1 Å². The Bertz CT molecular complexity index is 1270. The van der Waals surface area contributed by atoms with Crippen molar-refractivity contribution in [1.82, 2.24) is 19.7 Å². The smallest absolute Gasteiger partial charge is 0.214 e. The second kappa shape index (κ2) is 9.50. The highest BCUT2D eigenvalue weighted by Gasteiger charge is 2.19. The number of halogens is 2. The number of rotatable bonds is 8. The molecule has 0 radical (unpaired) electrons. The Kier molecular flexibility index (Phi) is 6.50. The largest absolute Gasteiger partial charge is 0.493 e. The van der Waals surface area contributed by atoms with Crippen LogP contribution in [0.3, 0.4) is 0 Å². The zero-order valence-electron chi connectivity index (χ0n) is 18.5. The van der Waals surface area contributed by atoms with E-state index in [-0.39, 0.29) is 42.1 Å². The summed E-state index contributed by atoms with van der Waals surface area (Å²) in [4.78, 5) is 8.67. The Hall–Kier alpha value is -3.59. The number of nitrogens with zero attached hydrogens (tertiary/aromatic N) is 4. The SMILES string of the molecule is COCCOc1cc(F)c(Cn2nc(-c3nc(O)cc(C(C)C)n3)c3ccccc32)c(F)c1. The Morgan fingerprint density at radius 1 is 1.03 bits per heavy atom. The van der Waals surface area contributed by atoms with E-state index >= 15 is 0 Å². The van der Waals surface area contributed by atoms with Crippen LogP contribution in [0.2, 0.25) is 0 Å². The van der Waals surface area contributed by atoms with Crippen molar-refractivity contribution >= 4 is 10.9 Å². The Labute approximate surface area is 189 Å². The van der Waals surface area contributed by atoms with Gasteiger partial charge in [0.2, 0.25) is 5.88 Å². The van der Waals surface area contributed by atoms with Crippen LogP contribution in [0.1, 0.15) is 31.0 Å². The van der Waals surface area contributed by atoms with Gasteiger partial charge in [-0.05, 0) is 12.0 Å². The van der Waals surface area contributed by atoms with Gasteiger partial charge in [-0.3, -0.25) is 4.68 Å². The van der Waals surface area contributed by atoms with E-state index in [1.807, 2.05) is 32.0 Å². The highest BCUT2D eigenvalue weighted by Crippen LogP contribution is 2.30. The number of aromatic hydroxyl groups is 1. The van der Waals surface area contributed by atoms with Crippen LogP contribution in [-0.2, 0) is 11.3 Å². The zero-order chi connectivity index (χ0) is 23.5. The average Bonchev–Trinajstić information content (AvgIpc) is 3.14. The summed E-state index contributed by atoms with van der Waals surface area (Å²) in [5.41, 5.74) is 1.60.